The molecule has 0 aliphatic rings. The molecule has 0 fully saturated rings. The molecule has 0 rings (SSSR count). The highest BCUT2D eigenvalue weighted by atomic mass is 16.3. The van der Waals surface area contributed by atoms with Crippen LogP contribution in [0.15, 0.2) is 0 Å². The summed E-state index contributed by atoms with van der Waals surface area (Å²) in [5.41, 5.74) is 0. The molecule has 0 saturated carbocycles. The quantitative estimate of drug-likeness (QED) is 0.621. The Morgan fingerprint density at radius 2 is 1.70 bits per heavy atom. The standard InChI is InChI=1S/C8H18O2/c1-6(2)8(5-9)4-7(3)10/h6-10H,4-5H2,1-3H3. The summed E-state index contributed by atoms with van der Waals surface area (Å²) in [6.07, 6.45) is 0.410. The average molecular weight is 146 g/mol. The van der Waals surface area contributed by atoms with E-state index < -0.39 is 0 Å². The van der Waals surface area contributed by atoms with Crippen molar-refractivity contribution in [2.75, 3.05) is 6.61 Å². The van der Waals surface area contributed by atoms with Gasteiger partial charge in [0.2, 0.25) is 0 Å². The largest absolute Gasteiger partial charge is 0.396 e. The van der Waals surface area contributed by atoms with Gasteiger partial charge in [-0.1, -0.05) is 13.8 Å². The van der Waals surface area contributed by atoms with Crippen LogP contribution in [0.2, 0.25) is 0 Å². The lowest BCUT2D eigenvalue weighted by Crippen LogP contribution is -2.18. The van der Waals surface area contributed by atoms with Gasteiger partial charge in [0.25, 0.3) is 0 Å². The van der Waals surface area contributed by atoms with Crippen LogP contribution in [0, 0.1) is 11.8 Å². The Balaban J connectivity index is 3.60. The van der Waals surface area contributed by atoms with E-state index in [1.807, 2.05) is 0 Å². The van der Waals surface area contributed by atoms with Gasteiger partial charge in [-0.3, -0.25) is 0 Å². The maximum Gasteiger partial charge on any atom is 0.0515 e. The van der Waals surface area contributed by atoms with Crippen molar-refractivity contribution in [2.45, 2.75) is 33.3 Å². The highest BCUT2D eigenvalue weighted by Gasteiger charge is 2.13. The van der Waals surface area contributed by atoms with Gasteiger partial charge in [-0.05, 0) is 25.2 Å². The maximum atomic E-state index is 8.99. The van der Waals surface area contributed by atoms with Crippen molar-refractivity contribution >= 4 is 0 Å². The molecule has 0 amide bonds. The molecular formula is C8H18O2. The van der Waals surface area contributed by atoms with E-state index in [2.05, 4.69) is 13.8 Å². The van der Waals surface area contributed by atoms with Crippen molar-refractivity contribution in [1.82, 2.24) is 0 Å². The number of hydrogen-bond donors (Lipinski definition) is 2. The van der Waals surface area contributed by atoms with E-state index >= 15 is 0 Å². The fourth-order valence-electron chi connectivity index (χ4n) is 0.996. The normalized spacial score (nSPS) is 17.4. The Labute approximate surface area is 62.9 Å². The predicted octanol–water partition coefficient (Wildman–Crippen LogP) is 1.02. The van der Waals surface area contributed by atoms with Crippen molar-refractivity contribution in [1.29, 1.82) is 0 Å². The fourth-order valence-corrected chi connectivity index (χ4v) is 0.996. The first kappa shape index (κ1) is 9.92. The first-order valence-corrected chi connectivity index (χ1v) is 3.86. The van der Waals surface area contributed by atoms with Crippen LogP contribution in [0.25, 0.3) is 0 Å². The Bertz CT molecular complexity index is 79.3. The van der Waals surface area contributed by atoms with Crippen LogP contribution in [0.1, 0.15) is 27.2 Å². The summed E-state index contributed by atoms with van der Waals surface area (Å²) in [6, 6.07) is 0. The zero-order chi connectivity index (χ0) is 8.15. The van der Waals surface area contributed by atoms with Gasteiger partial charge < -0.3 is 10.2 Å². The monoisotopic (exact) mass is 146 g/mol. The van der Waals surface area contributed by atoms with Crippen LogP contribution >= 0.6 is 0 Å². The van der Waals surface area contributed by atoms with Crippen LogP contribution in [0.4, 0.5) is 0 Å². The second-order valence-corrected chi connectivity index (χ2v) is 3.27. The predicted molar refractivity (Wildman–Crippen MR) is 41.7 cm³/mol. The Morgan fingerprint density at radius 1 is 1.20 bits per heavy atom. The lowest BCUT2D eigenvalue weighted by Gasteiger charge is -2.19. The molecule has 2 nitrogen and oxygen atoms in total. The average Bonchev–Trinajstić information content (AvgIpc) is 1.81. The van der Waals surface area contributed by atoms with E-state index in [4.69, 9.17) is 10.2 Å². The van der Waals surface area contributed by atoms with Crippen LogP contribution in [-0.2, 0) is 0 Å². The maximum absolute atomic E-state index is 8.99. The minimum atomic E-state index is -0.292. The molecule has 2 heteroatoms. The lowest BCUT2D eigenvalue weighted by atomic mass is 9.91. The fraction of sp³-hybridized carbons (Fsp3) is 1.00. The summed E-state index contributed by atoms with van der Waals surface area (Å²) in [7, 11) is 0. The first-order chi connectivity index (χ1) is 4.57. The summed E-state index contributed by atoms with van der Waals surface area (Å²) in [6.45, 7) is 6.06. The van der Waals surface area contributed by atoms with Gasteiger partial charge in [0.05, 0.1) is 6.10 Å². The molecule has 10 heavy (non-hydrogen) atoms. The van der Waals surface area contributed by atoms with Crippen molar-refractivity contribution in [3.63, 3.8) is 0 Å². The van der Waals surface area contributed by atoms with Gasteiger partial charge >= 0.3 is 0 Å². The SMILES string of the molecule is CC(O)CC(CO)C(C)C. The smallest absolute Gasteiger partial charge is 0.0515 e. The molecule has 2 N–H and O–H groups in total. The van der Waals surface area contributed by atoms with Gasteiger partial charge in [0.1, 0.15) is 0 Å². The summed E-state index contributed by atoms with van der Waals surface area (Å²) >= 11 is 0. The molecule has 0 aromatic heterocycles. The van der Waals surface area contributed by atoms with Gasteiger partial charge in [-0.25, -0.2) is 0 Å². The van der Waals surface area contributed by atoms with Crippen LogP contribution in [-0.4, -0.2) is 22.9 Å². The van der Waals surface area contributed by atoms with Crippen LogP contribution < -0.4 is 0 Å². The van der Waals surface area contributed by atoms with E-state index in [-0.39, 0.29) is 18.6 Å². The Morgan fingerprint density at radius 3 is 1.80 bits per heavy atom. The zero-order valence-electron chi connectivity index (χ0n) is 7.04. The Hall–Kier alpha value is -0.0800. The van der Waals surface area contributed by atoms with Crippen molar-refractivity contribution in [3.05, 3.63) is 0 Å². The highest BCUT2D eigenvalue weighted by Crippen LogP contribution is 2.15. The van der Waals surface area contributed by atoms with Gasteiger partial charge in [0.15, 0.2) is 0 Å². The molecule has 0 aromatic rings. The second kappa shape index (κ2) is 4.69. The highest BCUT2D eigenvalue weighted by molar-refractivity contribution is 4.64. The Kier molecular flexibility index (Phi) is 4.65. The third kappa shape index (κ3) is 3.85. The molecule has 2 unspecified atom stereocenters. The van der Waals surface area contributed by atoms with E-state index in [0.29, 0.717) is 12.3 Å². The molecular weight excluding hydrogens is 128 g/mol. The second-order valence-electron chi connectivity index (χ2n) is 3.27. The van der Waals surface area contributed by atoms with E-state index in [9.17, 15) is 0 Å². The topological polar surface area (TPSA) is 40.5 Å². The van der Waals surface area contributed by atoms with E-state index in [1.54, 1.807) is 6.92 Å². The molecule has 2 atom stereocenters. The van der Waals surface area contributed by atoms with Crippen molar-refractivity contribution in [3.8, 4) is 0 Å². The van der Waals surface area contributed by atoms with Crippen LogP contribution in [0.5, 0.6) is 0 Å². The number of rotatable bonds is 4. The number of hydrogen-bond acceptors (Lipinski definition) is 2. The third-order valence-electron chi connectivity index (χ3n) is 1.82. The minimum absolute atomic E-state index is 0.183. The molecule has 0 bridgehead atoms. The lowest BCUT2D eigenvalue weighted by molar-refractivity contribution is 0.107. The summed E-state index contributed by atoms with van der Waals surface area (Å²) in [5.74, 6) is 0.708. The zero-order valence-corrected chi connectivity index (χ0v) is 7.04. The minimum Gasteiger partial charge on any atom is -0.396 e. The molecule has 62 valence electrons. The summed E-state index contributed by atoms with van der Waals surface area (Å²) in [5, 5.41) is 17.8. The number of aliphatic hydroxyl groups excluding tert-OH is 2. The molecule has 0 aliphatic carbocycles. The molecule has 0 heterocycles. The molecule has 0 aromatic carbocycles. The van der Waals surface area contributed by atoms with Crippen molar-refractivity contribution < 1.29 is 10.2 Å². The molecule has 0 spiro atoms. The van der Waals surface area contributed by atoms with Gasteiger partial charge in [-0.15, -0.1) is 0 Å². The van der Waals surface area contributed by atoms with E-state index in [1.165, 1.54) is 0 Å². The molecule has 0 saturated heterocycles. The van der Waals surface area contributed by atoms with E-state index in [0.717, 1.165) is 0 Å². The molecule has 0 aliphatic heterocycles. The van der Waals surface area contributed by atoms with Gasteiger partial charge in [-0.2, -0.15) is 0 Å². The van der Waals surface area contributed by atoms with Crippen molar-refractivity contribution in [2.24, 2.45) is 11.8 Å². The summed E-state index contributed by atoms with van der Waals surface area (Å²) < 4.78 is 0. The van der Waals surface area contributed by atoms with Gasteiger partial charge in [0, 0.05) is 6.61 Å². The van der Waals surface area contributed by atoms with Crippen LogP contribution in [0.3, 0.4) is 0 Å². The first-order valence-electron chi connectivity index (χ1n) is 3.86. The third-order valence-corrected chi connectivity index (χ3v) is 1.82. The molecule has 0 radical (unpaired) electrons. The summed E-state index contributed by atoms with van der Waals surface area (Å²) in [4.78, 5) is 0. The number of aliphatic hydroxyl groups is 2.